The number of hydrogen-bond acceptors (Lipinski definition) is 1. The normalized spacial score (nSPS) is 13.6. The van der Waals surface area contributed by atoms with Crippen LogP contribution in [0.3, 0.4) is 0 Å². The number of thiophene rings is 1. The predicted molar refractivity (Wildman–Crippen MR) is 92.6 cm³/mol. The third-order valence-corrected chi connectivity index (χ3v) is 6.21. The van der Waals surface area contributed by atoms with Gasteiger partial charge in [0, 0.05) is 18.7 Å². The predicted octanol–water partition coefficient (Wildman–Crippen LogP) is 6.90. The fraction of sp³-hybridized carbons (Fsp3) is 0.333. The number of hydrogen-bond donors (Lipinski definition) is 0. The van der Waals surface area contributed by atoms with Crippen LogP contribution >= 0.6 is 54.8 Å². The number of benzene rings is 1. The van der Waals surface area contributed by atoms with Crippen LogP contribution in [0.1, 0.15) is 41.5 Å². The van der Waals surface area contributed by atoms with Crippen LogP contribution in [0.25, 0.3) is 0 Å². The van der Waals surface area contributed by atoms with Gasteiger partial charge in [-0.25, -0.2) is 0 Å². The molecule has 0 spiro atoms. The minimum absolute atomic E-state index is 0.108. The van der Waals surface area contributed by atoms with Crippen LogP contribution in [0.5, 0.6) is 0 Å². The van der Waals surface area contributed by atoms with E-state index in [4.69, 9.17) is 11.6 Å². The Morgan fingerprint density at radius 3 is 2.32 bits per heavy atom. The molecule has 0 saturated carbocycles. The zero-order valence-electron chi connectivity index (χ0n) is 11.0. The molecule has 0 fully saturated rings. The highest BCUT2D eigenvalue weighted by Gasteiger charge is 2.20. The molecule has 0 radical (unpaired) electrons. The Morgan fingerprint density at radius 2 is 1.79 bits per heavy atom. The number of halogens is 3. The Hall–Kier alpha value is 0.170. The van der Waals surface area contributed by atoms with E-state index in [0.29, 0.717) is 0 Å². The van der Waals surface area contributed by atoms with Crippen molar-refractivity contribution >= 4 is 54.8 Å². The molecule has 0 aliphatic rings. The molecule has 0 nitrogen and oxygen atoms in total. The second kappa shape index (κ2) is 5.88. The van der Waals surface area contributed by atoms with Crippen molar-refractivity contribution in [2.75, 3.05) is 0 Å². The van der Waals surface area contributed by atoms with Gasteiger partial charge in [0.1, 0.15) is 0 Å². The third-order valence-electron chi connectivity index (χ3n) is 2.85. The molecule has 1 unspecified atom stereocenters. The van der Waals surface area contributed by atoms with E-state index in [9.17, 15) is 0 Å². The van der Waals surface area contributed by atoms with Crippen molar-refractivity contribution in [2.24, 2.45) is 0 Å². The van der Waals surface area contributed by atoms with Crippen molar-refractivity contribution in [3.8, 4) is 0 Å². The lowest BCUT2D eigenvalue weighted by Gasteiger charge is -2.16. The van der Waals surface area contributed by atoms with Crippen LogP contribution in [-0.4, -0.2) is 0 Å². The van der Waals surface area contributed by atoms with E-state index < -0.39 is 0 Å². The average molecular weight is 423 g/mol. The summed E-state index contributed by atoms with van der Waals surface area (Å²) in [6, 6.07) is 10.4. The highest BCUT2D eigenvalue weighted by molar-refractivity contribution is 9.11. The summed E-state index contributed by atoms with van der Waals surface area (Å²) >= 11 is 15.5. The molecule has 1 aromatic carbocycles. The van der Waals surface area contributed by atoms with E-state index in [-0.39, 0.29) is 10.8 Å². The summed E-state index contributed by atoms with van der Waals surface area (Å²) in [4.78, 5) is 2.55. The largest absolute Gasteiger partial charge is 0.143 e. The summed E-state index contributed by atoms with van der Waals surface area (Å²) in [5.74, 6) is 0. The summed E-state index contributed by atoms with van der Waals surface area (Å²) in [7, 11) is 0. The number of alkyl halides is 1. The van der Waals surface area contributed by atoms with Gasteiger partial charge in [-0.1, -0.05) is 58.7 Å². The molecule has 0 aliphatic heterocycles. The lowest BCUT2D eigenvalue weighted by molar-refractivity contribution is 0.604. The Balaban J connectivity index is 2.34. The van der Waals surface area contributed by atoms with Crippen LogP contribution in [-0.2, 0) is 5.41 Å². The summed E-state index contributed by atoms with van der Waals surface area (Å²) in [6.45, 7) is 6.67. The summed E-state index contributed by atoms with van der Waals surface area (Å²) in [6.07, 6.45) is 0. The fourth-order valence-electron chi connectivity index (χ4n) is 1.75. The van der Waals surface area contributed by atoms with Gasteiger partial charge in [-0.05, 0) is 35.2 Å². The van der Waals surface area contributed by atoms with Gasteiger partial charge in [0.2, 0.25) is 0 Å². The van der Waals surface area contributed by atoms with Gasteiger partial charge in [0.15, 0.2) is 0 Å². The van der Waals surface area contributed by atoms with Crippen molar-refractivity contribution in [1.82, 2.24) is 0 Å². The first-order valence-electron chi connectivity index (χ1n) is 5.98. The zero-order valence-corrected chi connectivity index (χ0v) is 15.8. The summed E-state index contributed by atoms with van der Waals surface area (Å²) in [5, 5.41) is -0.108. The molecular weight excluding hydrogens is 407 g/mol. The van der Waals surface area contributed by atoms with Crippen molar-refractivity contribution in [2.45, 2.75) is 31.6 Å². The lowest BCUT2D eigenvalue weighted by atomic mass is 9.95. The first-order chi connectivity index (χ1) is 8.79. The van der Waals surface area contributed by atoms with Gasteiger partial charge in [-0.15, -0.1) is 22.9 Å². The van der Waals surface area contributed by atoms with Crippen molar-refractivity contribution in [3.63, 3.8) is 0 Å². The van der Waals surface area contributed by atoms with E-state index >= 15 is 0 Å². The standard InChI is InChI=1S/C15H15Br2ClS/c1-15(2,3)13-7-6-12(19-13)14(18)10-5-4-9(16)8-11(10)17/h4-8,14H,1-3H3. The third kappa shape index (κ3) is 3.63. The molecule has 0 N–H and O–H groups in total. The van der Waals surface area contributed by atoms with Gasteiger partial charge in [0.25, 0.3) is 0 Å². The molecule has 1 heterocycles. The monoisotopic (exact) mass is 420 g/mol. The van der Waals surface area contributed by atoms with Gasteiger partial charge < -0.3 is 0 Å². The van der Waals surface area contributed by atoms with Gasteiger partial charge in [-0.3, -0.25) is 0 Å². The van der Waals surface area contributed by atoms with Crippen molar-refractivity contribution in [3.05, 3.63) is 54.6 Å². The highest BCUT2D eigenvalue weighted by Crippen LogP contribution is 2.40. The molecule has 1 aromatic heterocycles. The van der Waals surface area contributed by atoms with Crippen LogP contribution in [0, 0.1) is 0 Å². The SMILES string of the molecule is CC(C)(C)c1ccc(C(Cl)c2ccc(Br)cc2Br)s1. The molecule has 1 atom stereocenters. The average Bonchev–Trinajstić information content (AvgIpc) is 2.76. The first-order valence-corrected chi connectivity index (χ1v) is 8.82. The quantitative estimate of drug-likeness (QED) is 0.462. The molecule has 0 aliphatic carbocycles. The van der Waals surface area contributed by atoms with Gasteiger partial charge in [-0.2, -0.15) is 0 Å². The molecule has 19 heavy (non-hydrogen) atoms. The topological polar surface area (TPSA) is 0 Å². The molecule has 0 bridgehead atoms. The van der Waals surface area contributed by atoms with Crippen LogP contribution in [0.2, 0.25) is 0 Å². The second-order valence-corrected chi connectivity index (χ2v) is 8.80. The molecule has 0 amide bonds. The van der Waals surface area contributed by atoms with Crippen LogP contribution in [0.4, 0.5) is 0 Å². The van der Waals surface area contributed by atoms with Gasteiger partial charge in [0.05, 0.1) is 5.38 Å². The highest BCUT2D eigenvalue weighted by atomic mass is 79.9. The molecule has 2 rings (SSSR count). The van der Waals surface area contributed by atoms with Crippen molar-refractivity contribution < 1.29 is 0 Å². The van der Waals surface area contributed by atoms with E-state index in [0.717, 1.165) is 14.5 Å². The zero-order chi connectivity index (χ0) is 14.2. The van der Waals surface area contributed by atoms with Crippen molar-refractivity contribution in [1.29, 1.82) is 0 Å². The van der Waals surface area contributed by atoms with Gasteiger partial charge >= 0.3 is 0 Å². The number of rotatable bonds is 2. The Labute approximate surface area is 140 Å². The first kappa shape index (κ1) is 15.6. The Bertz CT molecular complexity index is 584. The summed E-state index contributed by atoms with van der Waals surface area (Å²) < 4.78 is 2.08. The van der Waals surface area contributed by atoms with E-state index in [1.54, 1.807) is 11.3 Å². The van der Waals surface area contributed by atoms with Crippen LogP contribution in [0.15, 0.2) is 39.3 Å². The Kier molecular flexibility index (Phi) is 4.82. The minimum Gasteiger partial charge on any atom is -0.143 e. The van der Waals surface area contributed by atoms with E-state index in [1.165, 1.54) is 9.75 Å². The van der Waals surface area contributed by atoms with E-state index in [1.807, 2.05) is 12.1 Å². The maximum absolute atomic E-state index is 6.62. The Morgan fingerprint density at radius 1 is 1.11 bits per heavy atom. The molecular formula is C15H15Br2ClS. The lowest BCUT2D eigenvalue weighted by Crippen LogP contribution is -2.07. The molecule has 2 aromatic rings. The molecule has 4 heteroatoms. The second-order valence-electron chi connectivity index (χ2n) is 5.48. The molecule has 102 valence electrons. The maximum atomic E-state index is 6.62. The fourth-order valence-corrected chi connectivity index (χ4v) is 4.62. The minimum atomic E-state index is -0.108. The smallest absolute Gasteiger partial charge is 0.0938 e. The molecule has 0 saturated heterocycles. The summed E-state index contributed by atoms with van der Waals surface area (Å²) in [5.41, 5.74) is 1.28. The van der Waals surface area contributed by atoms with E-state index in [2.05, 4.69) is 70.8 Å². The maximum Gasteiger partial charge on any atom is 0.0938 e. The van der Waals surface area contributed by atoms with Crippen LogP contribution < -0.4 is 0 Å².